The number of ketones is 1. The molecule has 2 aromatic rings. The van der Waals surface area contributed by atoms with E-state index in [9.17, 15) is 4.79 Å². The summed E-state index contributed by atoms with van der Waals surface area (Å²) in [6.07, 6.45) is -0.952. The molecule has 6 heteroatoms. The minimum atomic E-state index is -2.69. The van der Waals surface area contributed by atoms with Gasteiger partial charge in [-0.15, -0.1) is 0 Å². The second-order valence-corrected chi connectivity index (χ2v) is 15.0. The summed E-state index contributed by atoms with van der Waals surface area (Å²) in [6.45, 7) is 10.8. The van der Waals surface area contributed by atoms with Crippen molar-refractivity contribution in [3.8, 4) is 0 Å². The highest BCUT2D eigenvalue weighted by Crippen LogP contribution is 2.43. The SMILES string of the molecule is CC1(C)O[C@@H]2C(CO[Si](c3ccccc3)(c3ccccc3)C(C)(C)C)=C(I)C(=O)[C@@H]2O1. The van der Waals surface area contributed by atoms with E-state index in [-0.39, 0.29) is 16.9 Å². The molecule has 0 spiro atoms. The van der Waals surface area contributed by atoms with Crippen molar-refractivity contribution in [3.05, 3.63) is 69.8 Å². The molecular formula is C25H29IO4Si. The highest BCUT2D eigenvalue weighted by atomic mass is 127. The van der Waals surface area contributed by atoms with Gasteiger partial charge >= 0.3 is 0 Å². The van der Waals surface area contributed by atoms with Gasteiger partial charge in [-0.1, -0.05) is 81.4 Å². The fourth-order valence-corrected chi connectivity index (χ4v) is 10.0. The molecule has 2 aromatic carbocycles. The van der Waals surface area contributed by atoms with Gasteiger partial charge in [0.25, 0.3) is 8.32 Å². The number of ether oxygens (including phenoxy) is 2. The third-order valence-corrected chi connectivity index (χ3v) is 12.3. The van der Waals surface area contributed by atoms with Crippen LogP contribution in [0.15, 0.2) is 69.8 Å². The maximum Gasteiger partial charge on any atom is 0.261 e. The minimum absolute atomic E-state index is 0.00257. The summed E-state index contributed by atoms with van der Waals surface area (Å²) in [6, 6.07) is 21.0. The highest BCUT2D eigenvalue weighted by molar-refractivity contribution is 14.1. The first-order valence-electron chi connectivity index (χ1n) is 10.6. The quantitative estimate of drug-likeness (QED) is 0.412. The van der Waals surface area contributed by atoms with E-state index in [1.807, 2.05) is 26.0 Å². The fraction of sp³-hybridized carbons (Fsp3) is 0.400. The van der Waals surface area contributed by atoms with Crippen molar-refractivity contribution in [1.82, 2.24) is 0 Å². The molecule has 0 N–H and O–H groups in total. The number of rotatable bonds is 5. The van der Waals surface area contributed by atoms with Crippen molar-refractivity contribution >= 4 is 47.1 Å². The highest BCUT2D eigenvalue weighted by Gasteiger charge is 2.55. The van der Waals surface area contributed by atoms with Crippen molar-refractivity contribution in [2.45, 2.75) is 57.7 Å². The van der Waals surface area contributed by atoms with Gasteiger partial charge in [0, 0.05) is 5.57 Å². The van der Waals surface area contributed by atoms with Gasteiger partial charge in [-0.3, -0.25) is 4.79 Å². The first-order chi connectivity index (χ1) is 14.6. The number of fused-ring (bicyclic) bond motifs is 1. The molecule has 2 atom stereocenters. The van der Waals surface area contributed by atoms with Crippen LogP contribution in [0.3, 0.4) is 0 Å². The molecule has 164 valence electrons. The van der Waals surface area contributed by atoms with Gasteiger partial charge in [0.1, 0.15) is 6.10 Å². The Labute approximate surface area is 199 Å². The molecule has 31 heavy (non-hydrogen) atoms. The number of Topliss-reactive ketones (excluding diaryl/α,β-unsaturated/α-hetero) is 1. The Balaban J connectivity index is 1.77. The molecule has 0 radical (unpaired) electrons. The Morgan fingerprint density at radius 2 is 1.42 bits per heavy atom. The molecule has 0 bridgehead atoms. The normalized spacial score (nSPS) is 23.4. The van der Waals surface area contributed by atoms with Crippen LogP contribution >= 0.6 is 22.6 Å². The van der Waals surface area contributed by atoms with Crippen LogP contribution in [0.5, 0.6) is 0 Å². The van der Waals surface area contributed by atoms with E-state index in [0.29, 0.717) is 10.2 Å². The van der Waals surface area contributed by atoms with Gasteiger partial charge in [0.2, 0.25) is 5.78 Å². The number of halogens is 1. The second kappa shape index (κ2) is 8.23. The van der Waals surface area contributed by atoms with E-state index < -0.39 is 20.2 Å². The van der Waals surface area contributed by atoms with Crippen molar-refractivity contribution in [2.24, 2.45) is 0 Å². The fourth-order valence-electron chi connectivity index (χ4n) is 4.71. The topological polar surface area (TPSA) is 44.8 Å². The summed E-state index contributed by atoms with van der Waals surface area (Å²) in [5.41, 5.74) is 0.897. The number of hydrogen-bond acceptors (Lipinski definition) is 4. The van der Waals surface area contributed by atoms with E-state index in [1.165, 1.54) is 10.4 Å². The average Bonchev–Trinajstić information content (AvgIpc) is 3.15. The van der Waals surface area contributed by atoms with Crippen LogP contribution < -0.4 is 10.4 Å². The number of carbonyl (C=O) groups excluding carboxylic acids is 1. The third-order valence-electron chi connectivity index (χ3n) is 6.06. The predicted molar refractivity (Wildman–Crippen MR) is 133 cm³/mol. The molecule has 0 unspecified atom stereocenters. The van der Waals surface area contributed by atoms with E-state index in [1.54, 1.807) is 0 Å². The van der Waals surface area contributed by atoms with Crippen LogP contribution in [0.1, 0.15) is 34.6 Å². The molecule has 1 fully saturated rings. The van der Waals surface area contributed by atoms with Crippen molar-refractivity contribution in [2.75, 3.05) is 6.61 Å². The molecule has 0 amide bonds. The Kier molecular flexibility index (Phi) is 6.06. The zero-order chi connectivity index (χ0) is 22.4. The summed E-state index contributed by atoms with van der Waals surface area (Å²) in [5, 5.41) is 2.30. The van der Waals surface area contributed by atoms with Crippen LogP contribution in [-0.4, -0.2) is 38.7 Å². The zero-order valence-corrected chi connectivity index (χ0v) is 21.8. The van der Waals surface area contributed by atoms with Gasteiger partial charge in [-0.05, 0) is 51.9 Å². The lowest BCUT2D eigenvalue weighted by Gasteiger charge is -2.43. The van der Waals surface area contributed by atoms with Crippen LogP contribution in [0.4, 0.5) is 0 Å². The van der Waals surface area contributed by atoms with E-state index in [4.69, 9.17) is 13.9 Å². The number of benzene rings is 2. The van der Waals surface area contributed by atoms with Gasteiger partial charge in [0.05, 0.1) is 10.2 Å². The lowest BCUT2D eigenvalue weighted by molar-refractivity contribution is -0.153. The van der Waals surface area contributed by atoms with Crippen molar-refractivity contribution in [3.63, 3.8) is 0 Å². The van der Waals surface area contributed by atoms with Gasteiger partial charge < -0.3 is 13.9 Å². The molecule has 2 aliphatic rings. The molecule has 0 saturated carbocycles. The second-order valence-electron chi connectivity index (χ2n) is 9.63. The predicted octanol–water partition coefficient (Wildman–Crippen LogP) is 4.35. The largest absolute Gasteiger partial charge is 0.403 e. The smallest absolute Gasteiger partial charge is 0.261 e. The molecule has 4 rings (SSSR count). The van der Waals surface area contributed by atoms with Crippen LogP contribution in [0.2, 0.25) is 5.04 Å². The van der Waals surface area contributed by atoms with Crippen LogP contribution in [0.25, 0.3) is 0 Å². The Bertz CT molecular complexity index is 956. The summed E-state index contributed by atoms with van der Waals surface area (Å²) in [5.74, 6) is -0.775. The van der Waals surface area contributed by atoms with Crippen LogP contribution in [-0.2, 0) is 18.7 Å². The first-order valence-corrected chi connectivity index (χ1v) is 13.6. The Morgan fingerprint density at radius 1 is 0.935 bits per heavy atom. The molecule has 1 aliphatic heterocycles. The summed E-state index contributed by atoms with van der Waals surface area (Å²) in [4.78, 5) is 12.8. The lowest BCUT2D eigenvalue weighted by atomic mass is 10.2. The van der Waals surface area contributed by atoms with E-state index in [2.05, 4.69) is 91.9 Å². The Hall–Kier alpha value is -1.32. The molecular weight excluding hydrogens is 519 g/mol. The van der Waals surface area contributed by atoms with Crippen molar-refractivity contribution in [1.29, 1.82) is 0 Å². The molecule has 1 saturated heterocycles. The number of hydrogen-bond donors (Lipinski definition) is 0. The lowest BCUT2D eigenvalue weighted by Crippen LogP contribution is -2.66. The Morgan fingerprint density at radius 3 is 1.90 bits per heavy atom. The average molecular weight is 548 g/mol. The summed E-state index contributed by atoms with van der Waals surface area (Å²) < 4.78 is 19.7. The molecule has 1 heterocycles. The molecule has 1 aliphatic carbocycles. The van der Waals surface area contributed by atoms with Gasteiger partial charge in [0.15, 0.2) is 11.9 Å². The van der Waals surface area contributed by atoms with Crippen LogP contribution in [0, 0.1) is 0 Å². The standard InChI is InChI=1S/C25H29IO4Si/c1-24(2,3)31(17-12-8-6-9-13-17,18-14-10-7-11-15-18)28-16-19-20(26)21(27)23-22(19)29-25(4,5)30-23/h6-15,22-23H,16H2,1-5H3/t22-,23+/m1/s1. The summed E-state index contributed by atoms with van der Waals surface area (Å²) >= 11 is 2.13. The molecule has 0 aromatic heterocycles. The first kappa shape index (κ1) is 22.9. The zero-order valence-electron chi connectivity index (χ0n) is 18.6. The molecule has 4 nitrogen and oxygen atoms in total. The monoisotopic (exact) mass is 548 g/mol. The maximum absolute atomic E-state index is 12.8. The third kappa shape index (κ3) is 3.97. The van der Waals surface area contributed by atoms with Gasteiger partial charge in [-0.2, -0.15) is 0 Å². The van der Waals surface area contributed by atoms with E-state index >= 15 is 0 Å². The minimum Gasteiger partial charge on any atom is -0.403 e. The van der Waals surface area contributed by atoms with E-state index in [0.717, 1.165) is 5.57 Å². The summed E-state index contributed by atoms with van der Waals surface area (Å²) in [7, 11) is -2.69. The number of carbonyl (C=O) groups is 1. The maximum atomic E-state index is 12.8. The van der Waals surface area contributed by atoms with Crippen molar-refractivity contribution < 1.29 is 18.7 Å². The van der Waals surface area contributed by atoms with Gasteiger partial charge in [-0.25, -0.2) is 0 Å².